The summed E-state index contributed by atoms with van der Waals surface area (Å²) in [4.78, 5) is 0. The van der Waals surface area contributed by atoms with Crippen molar-refractivity contribution in [2.24, 2.45) is 0 Å². The van der Waals surface area contributed by atoms with Crippen molar-refractivity contribution < 1.29 is 0 Å². The lowest BCUT2D eigenvalue weighted by Gasteiger charge is -1.48. The average molecular weight is 120 g/mol. The summed E-state index contributed by atoms with van der Waals surface area (Å²) in [5, 5.41) is 3.92. The van der Waals surface area contributed by atoms with Crippen molar-refractivity contribution >= 4 is 20.4 Å². The molecule has 0 nitrogen and oxygen atoms in total. The van der Waals surface area contributed by atoms with E-state index in [1.54, 1.807) is 0 Å². The van der Waals surface area contributed by atoms with E-state index in [0.29, 0.717) is 0 Å². The highest BCUT2D eigenvalue weighted by molar-refractivity contribution is 7.60. The van der Waals surface area contributed by atoms with Crippen LogP contribution in [0.15, 0.2) is 22.9 Å². The van der Waals surface area contributed by atoms with E-state index in [2.05, 4.69) is 0 Å². The SMILES string of the molecule is Cl[s+]1cccc1. The molecular weight excluding hydrogens is 116 g/mol. The minimum absolute atomic E-state index is 0.0617. The van der Waals surface area contributed by atoms with Crippen molar-refractivity contribution in [3.63, 3.8) is 0 Å². The molecule has 1 aromatic heterocycles. The second-order valence-electron chi connectivity index (χ2n) is 0.971. The summed E-state index contributed by atoms with van der Waals surface area (Å²) < 4.78 is 0. The van der Waals surface area contributed by atoms with Gasteiger partial charge in [-0.1, -0.05) is 0 Å². The van der Waals surface area contributed by atoms with E-state index in [1.165, 1.54) is 0 Å². The van der Waals surface area contributed by atoms with Crippen LogP contribution in [0.1, 0.15) is 0 Å². The van der Waals surface area contributed by atoms with E-state index in [4.69, 9.17) is 10.7 Å². The zero-order chi connectivity index (χ0) is 4.41. The zero-order valence-corrected chi connectivity index (χ0v) is 4.67. The van der Waals surface area contributed by atoms with Gasteiger partial charge in [-0.3, -0.25) is 0 Å². The van der Waals surface area contributed by atoms with Gasteiger partial charge in [0, 0.05) is 0 Å². The quantitative estimate of drug-likeness (QED) is 0.460. The van der Waals surface area contributed by atoms with Gasteiger partial charge in [0.2, 0.25) is 10.7 Å². The Kier molecular flexibility index (Phi) is 1.13. The molecule has 0 aliphatic heterocycles. The van der Waals surface area contributed by atoms with Crippen molar-refractivity contribution in [3.8, 4) is 0 Å². The standard InChI is InChI=1S/C4H4ClS/c5-6-3-1-2-4-6/h1-4H/q+1. The summed E-state index contributed by atoms with van der Waals surface area (Å²) in [6.07, 6.45) is 0. The first kappa shape index (κ1) is 4.16. The van der Waals surface area contributed by atoms with Crippen molar-refractivity contribution in [1.29, 1.82) is 0 Å². The largest absolute Gasteiger partial charge is 0.209 e. The summed E-state index contributed by atoms with van der Waals surface area (Å²) in [7, 11) is 5.50. The molecule has 1 heterocycles. The fourth-order valence-corrected chi connectivity index (χ4v) is 1.21. The number of hydrogen-bond acceptors (Lipinski definition) is 0. The van der Waals surface area contributed by atoms with Crippen LogP contribution in [0, 0.1) is 0 Å². The predicted molar refractivity (Wildman–Crippen MR) is 30.2 cm³/mol. The monoisotopic (exact) mass is 119 g/mol. The fourth-order valence-electron chi connectivity index (χ4n) is 0.286. The molecular formula is C4H4ClS+. The van der Waals surface area contributed by atoms with Crippen LogP contribution in [0.5, 0.6) is 0 Å². The zero-order valence-electron chi connectivity index (χ0n) is 3.10. The molecule has 0 N–H and O–H groups in total. The van der Waals surface area contributed by atoms with Gasteiger partial charge in [0.05, 0.1) is 9.68 Å². The smallest absolute Gasteiger partial charge is 0.00340 e. The van der Waals surface area contributed by atoms with Gasteiger partial charge in [-0.25, -0.2) is 0 Å². The molecule has 6 heavy (non-hydrogen) atoms. The number of thiophene rings is 1. The first-order chi connectivity index (χ1) is 2.89. The maximum Gasteiger partial charge on any atom is 0.209 e. The second-order valence-corrected chi connectivity index (χ2v) is 3.21. The van der Waals surface area contributed by atoms with Gasteiger partial charge in [-0.2, -0.15) is 0 Å². The van der Waals surface area contributed by atoms with Gasteiger partial charge in [0.1, 0.15) is 0 Å². The Labute approximate surface area is 43.8 Å². The summed E-state index contributed by atoms with van der Waals surface area (Å²) in [5.74, 6) is 0. The van der Waals surface area contributed by atoms with Gasteiger partial charge in [-0.05, 0) is 12.1 Å². The lowest BCUT2D eigenvalue weighted by molar-refractivity contribution is 2.03. The molecule has 0 radical (unpaired) electrons. The molecule has 0 unspecified atom stereocenters. The van der Waals surface area contributed by atoms with Crippen molar-refractivity contribution in [2.45, 2.75) is 0 Å². The van der Waals surface area contributed by atoms with Crippen molar-refractivity contribution in [2.75, 3.05) is 0 Å². The molecule has 0 aliphatic carbocycles. The van der Waals surface area contributed by atoms with E-state index in [9.17, 15) is 0 Å². The number of hydrogen-bond donors (Lipinski definition) is 0. The van der Waals surface area contributed by atoms with Crippen LogP contribution >= 0.6 is 20.4 Å². The Morgan fingerprint density at radius 3 is 1.83 bits per heavy atom. The first-order valence-electron chi connectivity index (χ1n) is 1.63. The molecule has 0 amide bonds. The van der Waals surface area contributed by atoms with Gasteiger partial charge < -0.3 is 0 Å². The van der Waals surface area contributed by atoms with Gasteiger partial charge in [-0.15, -0.1) is 0 Å². The molecule has 0 saturated heterocycles. The van der Waals surface area contributed by atoms with Gasteiger partial charge in [0.15, 0.2) is 10.8 Å². The second kappa shape index (κ2) is 1.63. The molecule has 0 fully saturated rings. The van der Waals surface area contributed by atoms with Crippen LogP contribution in [0.25, 0.3) is 0 Å². The van der Waals surface area contributed by atoms with E-state index < -0.39 is 0 Å². The molecule has 0 bridgehead atoms. The van der Waals surface area contributed by atoms with E-state index in [1.807, 2.05) is 22.9 Å². The molecule has 1 aromatic rings. The Bertz CT molecular complexity index is 111. The molecule has 0 aromatic carbocycles. The third kappa shape index (κ3) is 0.730. The van der Waals surface area contributed by atoms with Gasteiger partial charge >= 0.3 is 0 Å². The summed E-state index contributed by atoms with van der Waals surface area (Å²) in [6.45, 7) is 0. The Hall–Kier alpha value is -0.0100. The third-order valence-electron chi connectivity index (χ3n) is 0.528. The van der Waals surface area contributed by atoms with Crippen LogP contribution in [-0.2, 0) is 0 Å². The molecule has 32 valence electrons. The molecule has 0 atom stereocenters. The topological polar surface area (TPSA) is 0 Å². The van der Waals surface area contributed by atoms with E-state index in [-0.39, 0.29) is 9.68 Å². The first-order valence-corrected chi connectivity index (χ1v) is 3.80. The highest BCUT2D eigenvalue weighted by atomic mass is 35.7. The highest BCUT2D eigenvalue weighted by Gasteiger charge is 1.89. The van der Waals surface area contributed by atoms with Crippen LogP contribution in [0.3, 0.4) is 0 Å². The summed E-state index contributed by atoms with van der Waals surface area (Å²) >= 11 is 0. The lowest BCUT2D eigenvalue weighted by Crippen LogP contribution is -1.19. The molecule has 0 aliphatic rings. The predicted octanol–water partition coefficient (Wildman–Crippen LogP) is 2.44. The third-order valence-corrected chi connectivity index (χ3v) is 1.98. The number of halogens is 1. The highest BCUT2D eigenvalue weighted by Crippen LogP contribution is 2.19. The number of rotatable bonds is 0. The molecule has 0 spiro atoms. The normalized spacial score (nSPS) is 8.83. The Morgan fingerprint density at radius 1 is 1.17 bits per heavy atom. The van der Waals surface area contributed by atoms with Crippen LogP contribution in [0.4, 0.5) is 0 Å². The van der Waals surface area contributed by atoms with Crippen LogP contribution in [-0.4, -0.2) is 0 Å². The lowest BCUT2D eigenvalue weighted by atomic mass is 10.7. The Morgan fingerprint density at radius 2 is 1.67 bits per heavy atom. The Balaban J connectivity index is 3.05. The maximum atomic E-state index is 5.57. The van der Waals surface area contributed by atoms with Crippen molar-refractivity contribution in [3.05, 3.63) is 22.9 Å². The summed E-state index contributed by atoms with van der Waals surface area (Å²) in [5.41, 5.74) is 0. The van der Waals surface area contributed by atoms with Gasteiger partial charge in [0.25, 0.3) is 0 Å². The van der Waals surface area contributed by atoms with Crippen LogP contribution < -0.4 is 0 Å². The average Bonchev–Trinajstić information content (AvgIpc) is 1.86. The minimum Gasteiger partial charge on any atom is -0.00340 e. The van der Waals surface area contributed by atoms with Crippen molar-refractivity contribution in [1.82, 2.24) is 0 Å². The minimum atomic E-state index is -0.0617. The maximum absolute atomic E-state index is 5.57. The fraction of sp³-hybridized carbons (Fsp3) is 0. The molecule has 2 heteroatoms. The van der Waals surface area contributed by atoms with E-state index >= 15 is 0 Å². The van der Waals surface area contributed by atoms with Crippen LogP contribution in [0.2, 0.25) is 0 Å². The molecule has 1 rings (SSSR count). The summed E-state index contributed by atoms with van der Waals surface area (Å²) in [6, 6.07) is 3.91. The molecule has 0 saturated carbocycles. The van der Waals surface area contributed by atoms with E-state index in [0.717, 1.165) is 0 Å².